The van der Waals surface area contributed by atoms with Crippen molar-refractivity contribution in [2.45, 2.75) is 25.7 Å². The first-order valence-electron chi connectivity index (χ1n) is 8.05. The second-order valence-corrected chi connectivity index (χ2v) is 7.89. The number of anilines is 1. The van der Waals surface area contributed by atoms with Crippen LogP contribution in [0.25, 0.3) is 10.2 Å². The maximum absolute atomic E-state index is 12.7. The molecule has 1 N–H and O–H groups in total. The molecule has 0 saturated heterocycles. The second kappa shape index (κ2) is 6.57. The number of methoxy groups -OCH3 is 1. The average Bonchev–Trinajstić information content (AvgIpc) is 3.24. The zero-order valence-corrected chi connectivity index (χ0v) is 15.3. The number of thiophene rings is 1. The number of rotatable bonds is 3. The SMILES string of the molecule is COC(=O)c1c(NC(=O)c2ccc3ncsc3c2)sc2c1CCCC2. The third kappa shape index (κ3) is 2.94. The lowest BCUT2D eigenvalue weighted by atomic mass is 9.95. The Labute approximate surface area is 152 Å². The topological polar surface area (TPSA) is 68.3 Å². The molecule has 5 nitrogen and oxygen atoms in total. The third-order valence-corrected chi connectivity index (χ3v) is 6.38. The highest BCUT2D eigenvalue weighted by molar-refractivity contribution is 7.17. The van der Waals surface area contributed by atoms with Crippen LogP contribution in [0.2, 0.25) is 0 Å². The molecule has 0 aliphatic heterocycles. The minimum absolute atomic E-state index is 0.223. The Kier molecular flexibility index (Phi) is 4.27. The Morgan fingerprint density at radius 2 is 2.08 bits per heavy atom. The van der Waals surface area contributed by atoms with Crippen LogP contribution in [0.1, 0.15) is 44.0 Å². The van der Waals surface area contributed by atoms with Crippen LogP contribution in [-0.4, -0.2) is 24.0 Å². The van der Waals surface area contributed by atoms with E-state index in [1.165, 1.54) is 34.7 Å². The molecule has 128 valence electrons. The van der Waals surface area contributed by atoms with Gasteiger partial charge in [-0.05, 0) is 49.4 Å². The smallest absolute Gasteiger partial charge is 0.341 e. The largest absolute Gasteiger partial charge is 0.465 e. The van der Waals surface area contributed by atoms with Gasteiger partial charge in [-0.15, -0.1) is 22.7 Å². The van der Waals surface area contributed by atoms with Crippen LogP contribution in [0.4, 0.5) is 5.00 Å². The lowest BCUT2D eigenvalue weighted by molar-refractivity contribution is 0.0601. The van der Waals surface area contributed by atoms with Gasteiger partial charge in [0.15, 0.2) is 0 Å². The van der Waals surface area contributed by atoms with Crippen molar-refractivity contribution in [3.8, 4) is 0 Å². The molecule has 7 heteroatoms. The van der Waals surface area contributed by atoms with E-state index in [-0.39, 0.29) is 11.9 Å². The van der Waals surface area contributed by atoms with E-state index in [2.05, 4.69) is 10.3 Å². The number of hydrogen-bond donors (Lipinski definition) is 1. The molecule has 0 saturated carbocycles. The van der Waals surface area contributed by atoms with Crippen LogP contribution in [0, 0.1) is 0 Å². The van der Waals surface area contributed by atoms with E-state index < -0.39 is 0 Å². The second-order valence-electron chi connectivity index (χ2n) is 5.90. The van der Waals surface area contributed by atoms with Crippen molar-refractivity contribution in [3.05, 3.63) is 45.3 Å². The molecule has 0 fully saturated rings. The standard InChI is InChI=1S/C18H16N2O3S2/c1-23-18(22)15-11-4-2-3-5-13(11)25-17(15)20-16(21)10-6-7-12-14(8-10)24-9-19-12/h6-9H,2-5H2,1H3,(H,20,21). The highest BCUT2D eigenvalue weighted by atomic mass is 32.1. The van der Waals surface area contributed by atoms with Gasteiger partial charge >= 0.3 is 5.97 Å². The summed E-state index contributed by atoms with van der Waals surface area (Å²) >= 11 is 2.99. The van der Waals surface area contributed by atoms with Gasteiger partial charge in [0.25, 0.3) is 5.91 Å². The fourth-order valence-electron chi connectivity index (χ4n) is 3.14. The van der Waals surface area contributed by atoms with Crippen LogP contribution < -0.4 is 5.32 Å². The summed E-state index contributed by atoms with van der Waals surface area (Å²) in [6.45, 7) is 0. The molecule has 0 bridgehead atoms. The van der Waals surface area contributed by atoms with Crippen molar-refractivity contribution in [1.29, 1.82) is 0 Å². The maximum Gasteiger partial charge on any atom is 0.341 e. The van der Waals surface area contributed by atoms with Gasteiger partial charge in [0.05, 0.1) is 28.4 Å². The first-order chi connectivity index (χ1) is 12.2. The van der Waals surface area contributed by atoms with Crippen LogP contribution in [0.3, 0.4) is 0 Å². The predicted molar refractivity (Wildman–Crippen MR) is 99.9 cm³/mol. The summed E-state index contributed by atoms with van der Waals surface area (Å²) in [6.07, 6.45) is 3.98. The molecule has 1 amide bonds. The fourth-order valence-corrected chi connectivity index (χ4v) is 5.13. The number of amides is 1. The lowest BCUT2D eigenvalue weighted by Crippen LogP contribution is -2.15. The number of thiazole rings is 1. The molecule has 25 heavy (non-hydrogen) atoms. The van der Waals surface area contributed by atoms with Gasteiger partial charge < -0.3 is 10.1 Å². The van der Waals surface area contributed by atoms with Gasteiger partial charge in [-0.25, -0.2) is 9.78 Å². The van der Waals surface area contributed by atoms with Gasteiger partial charge in [-0.3, -0.25) is 4.79 Å². The highest BCUT2D eigenvalue weighted by Gasteiger charge is 2.27. The number of carbonyl (C=O) groups is 2. The molecule has 1 aliphatic rings. The molecule has 1 aliphatic carbocycles. The number of carbonyl (C=O) groups excluding carboxylic acids is 2. The Morgan fingerprint density at radius 1 is 1.24 bits per heavy atom. The van der Waals surface area contributed by atoms with E-state index in [1.807, 2.05) is 12.1 Å². The summed E-state index contributed by atoms with van der Waals surface area (Å²) < 4.78 is 5.91. The summed E-state index contributed by atoms with van der Waals surface area (Å²) in [7, 11) is 1.37. The first kappa shape index (κ1) is 16.2. The van der Waals surface area contributed by atoms with E-state index in [0.717, 1.165) is 41.5 Å². The van der Waals surface area contributed by atoms with Crippen molar-refractivity contribution in [2.24, 2.45) is 0 Å². The fraction of sp³-hybridized carbons (Fsp3) is 0.278. The van der Waals surface area contributed by atoms with Gasteiger partial charge in [0.2, 0.25) is 0 Å². The number of ether oxygens (including phenoxy) is 1. The molecule has 0 atom stereocenters. The van der Waals surface area contributed by atoms with Crippen molar-refractivity contribution >= 4 is 49.8 Å². The van der Waals surface area contributed by atoms with E-state index in [9.17, 15) is 9.59 Å². The van der Waals surface area contributed by atoms with E-state index >= 15 is 0 Å². The molecule has 2 aromatic heterocycles. The van der Waals surface area contributed by atoms with Crippen molar-refractivity contribution in [2.75, 3.05) is 12.4 Å². The van der Waals surface area contributed by atoms with Crippen LogP contribution >= 0.6 is 22.7 Å². The Balaban J connectivity index is 1.68. The normalized spacial score (nSPS) is 13.5. The molecule has 4 rings (SSSR count). The summed E-state index contributed by atoms with van der Waals surface area (Å²) in [6, 6.07) is 5.41. The molecule has 2 heterocycles. The number of hydrogen-bond acceptors (Lipinski definition) is 6. The predicted octanol–water partition coefficient (Wildman–Crippen LogP) is 4.28. The highest BCUT2D eigenvalue weighted by Crippen LogP contribution is 2.38. The molecular formula is C18H16N2O3S2. The lowest BCUT2D eigenvalue weighted by Gasteiger charge is -2.11. The quantitative estimate of drug-likeness (QED) is 0.697. The Bertz CT molecular complexity index is 974. The molecule has 1 aromatic carbocycles. The Morgan fingerprint density at radius 3 is 2.92 bits per heavy atom. The molecule has 0 spiro atoms. The summed E-state index contributed by atoms with van der Waals surface area (Å²) in [5.74, 6) is -0.605. The molecular weight excluding hydrogens is 356 g/mol. The number of nitrogens with zero attached hydrogens (tertiary/aromatic N) is 1. The van der Waals surface area contributed by atoms with Crippen LogP contribution in [0.15, 0.2) is 23.7 Å². The number of aromatic nitrogens is 1. The van der Waals surface area contributed by atoms with E-state index in [1.54, 1.807) is 11.6 Å². The number of nitrogens with one attached hydrogen (secondary N) is 1. The van der Waals surface area contributed by atoms with Gasteiger partial charge in [0, 0.05) is 10.4 Å². The number of fused-ring (bicyclic) bond motifs is 2. The van der Waals surface area contributed by atoms with Crippen LogP contribution in [-0.2, 0) is 17.6 Å². The Hall–Kier alpha value is -2.25. The monoisotopic (exact) mass is 372 g/mol. The molecule has 3 aromatic rings. The number of aryl methyl sites for hydroxylation is 1. The first-order valence-corrected chi connectivity index (χ1v) is 9.74. The van der Waals surface area contributed by atoms with E-state index in [0.29, 0.717) is 16.1 Å². The minimum atomic E-state index is -0.382. The van der Waals surface area contributed by atoms with Crippen molar-refractivity contribution < 1.29 is 14.3 Å². The van der Waals surface area contributed by atoms with Gasteiger partial charge in [0.1, 0.15) is 5.00 Å². The average molecular weight is 372 g/mol. The van der Waals surface area contributed by atoms with Gasteiger partial charge in [-0.2, -0.15) is 0 Å². The van der Waals surface area contributed by atoms with Crippen LogP contribution in [0.5, 0.6) is 0 Å². The zero-order valence-electron chi connectivity index (χ0n) is 13.6. The number of esters is 1. The zero-order chi connectivity index (χ0) is 17.4. The van der Waals surface area contributed by atoms with Crippen molar-refractivity contribution in [1.82, 2.24) is 4.98 Å². The third-order valence-electron chi connectivity index (χ3n) is 4.38. The molecule has 0 unspecified atom stereocenters. The summed E-state index contributed by atoms with van der Waals surface area (Å²) in [5.41, 5.74) is 4.75. The number of benzene rings is 1. The minimum Gasteiger partial charge on any atom is -0.465 e. The summed E-state index contributed by atoms with van der Waals surface area (Å²) in [4.78, 5) is 30.3. The van der Waals surface area contributed by atoms with E-state index in [4.69, 9.17) is 4.74 Å². The molecule has 0 radical (unpaired) electrons. The maximum atomic E-state index is 12.7. The van der Waals surface area contributed by atoms with Crippen molar-refractivity contribution in [3.63, 3.8) is 0 Å². The summed E-state index contributed by atoms with van der Waals surface area (Å²) in [5, 5.41) is 3.51. The van der Waals surface area contributed by atoms with Gasteiger partial charge in [-0.1, -0.05) is 0 Å².